The standard InChI is InChI=1S/C21H26N4O4S/c1-13-7-9-17(29-4)18(12-13)30(27,28)25-11-5-6-16(25)20-22-14(2)15-8-10-19(26)24(3)21(15)23-20/h7,9,12,16H,5-6,8,10-11H2,1-4H3/t16-/m1/s1. The third-order valence-corrected chi connectivity index (χ3v) is 7.83. The van der Waals surface area contributed by atoms with Crippen molar-refractivity contribution in [2.45, 2.75) is 50.5 Å². The Morgan fingerprint density at radius 1 is 1.17 bits per heavy atom. The first-order chi connectivity index (χ1) is 14.2. The van der Waals surface area contributed by atoms with E-state index in [1.54, 1.807) is 24.1 Å². The van der Waals surface area contributed by atoms with E-state index in [1.807, 2.05) is 19.9 Å². The maximum atomic E-state index is 13.6. The van der Waals surface area contributed by atoms with Gasteiger partial charge in [0.15, 0.2) is 0 Å². The van der Waals surface area contributed by atoms with Crippen LogP contribution < -0.4 is 9.64 Å². The number of fused-ring (bicyclic) bond motifs is 1. The molecule has 1 fully saturated rings. The minimum absolute atomic E-state index is 0.00643. The molecule has 3 heterocycles. The summed E-state index contributed by atoms with van der Waals surface area (Å²) in [6.07, 6.45) is 2.39. The molecular weight excluding hydrogens is 404 g/mol. The Labute approximate surface area is 176 Å². The van der Waals surface area contributed by atoms with Gasteiger partial charge in [-0.15, -0.1) is 0 Å². The fourth-order valence-electron chi connectivity index (χ4n) is 4.24. The van der Waals surface area contributed by atoms with Crippen molar-refractivity contribution in [1.82, 2.24) is 14.3 Å². The van der Waals surface area contributed by atoms with Crippen LogP contribution in [0.15, 0.2) is 23.1 Å². The lowest BCUT2D eigenvalue weighted by Crippen LogP contribution is -2.35. The molecule has 1 saturated heterocycles. The molecular formula is C21H26N4O4S. The van der Waals surface area contributed by atoms with E-state index < -0.39 is 16.1 Å². The van der Waals surface area contributed by atoms with Crippen LogP contribution >= 0.6 is 0 Å². The number of rotatable bonds is 4. The van der Waals surface area contributed by atoms with Crippen molar-refractivity contribution in [3.05, 3.63) is 40.8 Å². The van der Waals surface area contributed by atoms with Gasteiger partial charge in [-0.3, -0.25) is 9.69 Å². The third-order valence-electron chi connectivity index (χ3n) is 5.90. The molecule has 2 aliphatic heterocycles. The number of carbonyl (C=O) groups is 1. The zero-order chi connectivity index (χ0) is 21.6. The summed E-state index contributed by atoms with van der Waals surface area (Å²) in [6, 6.07) is 4.65. The fourth-order valence-corrected chi connectivity index (χ4v) is 6.13. The molecule has 0 N–H and O–H groups in total. The molecule has 0 unspecified atom stereocenters. The number of anilines is 1. The predicted molar refractivity (Wildman–Crippen MR) is 112 cm³/mol. The van der Waals surface area contributed by atoms with E-state index in [1.165, 1.54) is 11.4 Å². The highest BCUT2D eigenvalue weighted by Gasteiger charge is 2.40. The molecule has 8 nitrogen and oxygen atoms in total. The van der Waals surface area contributed by atoms with Gasteiger partial charge in [0.2, 0.25) is 15.9 Å². The zero-order valence-corrected chi connectivity index (χ0v) is 18.5. The summed E-state index contributed by atoms with van der Waals surface area (Å²) in [5, 5.41) is 0. The minimum Gasteiger partial charge on any atom is -0.495 e. The Hall–Kier alpha value is -2.52. The maximum Gasteiger partial charge on any atom is 0.247 e. The van der Waals surface area contributed by atoms with Gasteiger partial charge in [-0.25, -0.2) is 18.4 Å². The first-order valence-corrected chi connectivity index (χ1v) is 11.5. The Morgan fingerprint density at radius 2 is 1.93 bits per heavy atom. The van der Waals surface area contributed by atoms with Crippen LogP contribution in [0.25, 0.3) is 0 Å². The SMILES string of the molecule is COc1ccc(C)cc1S(=O)(=O)N1CCC[C@@H]1c1nc(C)c2c(n1)N(C)C(=O)CC2. The van der Waals surface area contributed by atoms with Gasteiger partial charge in [0.1, 0.15) is 22.3 Å². The number of aryl methyl sites for hydroxylation is 2. The first-order valence-electron chi connectivity index (χ1n) is 10.0. The lowest BCUT2D eigenvalue weighted by atomic mass is 10.0. The van der Waals surface area contributed by atoms with Crippen LogP contribution in [0.1, 0.15) is 47.9 Å². The molecule has 0 saturated carbocycles. The van der Waals surface area contributed by atoms with Crippen molar-refractivity contribution in [3.63, 3.8) is 0 Å². The van der Waals surface area contributed by atoms with Crippen LogP contribution in [0, 0.1) is 13.8 Å². The summed E-state index contributed by atoms with van der Waals surface area (Å²) in [4.78, 5) is 23.2. The molecule has 1 aromatic heterocycles. The van der Waals surface area contributed by atoms with E-state index in [2.05, 4.69) is 9.97 Å². The first kappa shape index (κ1) is 20.7. The summed E-state index contributed by atoms with van der Waals surface area (Å²) in [5.41, 5.74) is 2.59. The molecule has 9 heteroatoms. The van der Waals surface area contributed by atoms with E-state index in [0.29, 0.717) is 49.6 Å². The number of benzene rings is 1. The van der Waals surface area contributed by atoms with Gasteiger partial charge in [-0.05, 0) is 50.8 Å². The second-order valence-corrected chi connectivity index (χ2v) is 9.71. The number of amides is 1. The van der Waals surface area contributed by atoms with Crippen LogP contribution in [0.3, 0.4) is 0 Å². The number of nitrogens with zero attached hydrogens (tertiary/aromatic N) is 4. The van der Waals surface area contributed by atoms with Crippen LogP contribution in [0.5, 0.6) is 5.75 Å². The highest BCUT2D eigenvalue weighted by molar-refractivity contribution is 7.89. The van der Waals surface area contributed by atoms with E-state index in [-0.39, 0.29) is 10.8 Å². The van der Waals surface area contributed by atoms with Gasteiger partial charge >= 0.3 is 0 Å². The molecule has 1 atom stereocenters. The van der Waals surface area contributed by atoms with E-state index in [4.69, 9.17) is 4.74 Å². The van der Waals surface area contributed by atoms with E-state index in [9.17, 15) is 13.2 Å². The van der Waals surface area contributed by atoms with Crippen molar-refractivity contribution in [1.29, 1.82) is 0 Å². The molecule has 160 valence electrons. The van der Waals surface area contributed by atoms with Crippen LogP contribution in [0.2, 0.25) is 0 Å². The number of aromatic nitrogens is 2. The van der Waals surface area contributed by atoms with Crippen molar-refractivity contribution in [3.8, 4) is 5.75 Å². The van der Waals surface area contributed by atoms with Crippen molar-refractivity contribution < 1.29 is 17.9 Å². The van der Waals surface area contributed by atoms with Gasteiger partial charge < -0.3 is 4.74 Å². The lowest BCUT2D eigenvalue weighted by Gasteiger charge is -2.28. The average molecular weight is 431 g/mol. The van der Waals surface area contributed by atoms with E-state index in [0.717, 1.165) is 16.8 Å². The van der Waals surface area contributed by atoms with Gasteiger partial charge in [0.05, 0.1) is 13.2 Å². The second kappa shape index (κ2) is 7.63. The number of sulfonamides is 1. The van der Waals surface area contributed by atoms with Crippen LogP contribution in [-0.4, -0.2) is 49.3 Å². The number of hydrogen-bond donors (Lipinski definition) is 0. The molecule has 0 spiro atoms. The summed E-state index contributed by atoms with van der Waals surface area (Å²) in [6.45, 7) is 4.13. The Bertz CT molecular complexity index is 1120. The highest BCUT2D eigenvalue weighted by Crippen LogP contribution is 2.39. The smallest absolute Gasteiger partial charge is 0.247 e. The normalized spacial score (nSPS) is 19.8. The zero-order valence-electron chi connectivity index (χ0n) is 17.7. The highest BCUT2D eigenvalue weighted by atomic mass is 32.2. The topological polar surface area (TPSA) is 92.7 Å². The number of ether oxygens (including phenoxy) is 1. The van der Waals surface area contributed by atoms with Gasteiger partial charge in [0, 0.05) is 31.3 Å². The van der Waals surface area contributed by atoms with Crippen molar-refractivity contribution in [2.24, 2.45) is 0 Å². The summed E-state index contributed by atoms with van der Waals surface area (Å²) in [7, 11) is -0.640. The number of carbonyl (C=O) groups excluding carboxylic acids is 1. The largest absolute Gasteiger partial charge is 0.495 e. The van der Waals surface area contributed by atoms with E-state index >= 15 is 0 Å². The van der Waals surface area contributed by atoms with Gasteiger partial charge in [0.25, 0.3) is 0 Å². The molecule has 1 aromatic carbocycles. The predicted octanol–water partition coefficient (Wildman–Crippen LogP) is 2.54. The Balaban J connectivity index is 1.77. The quantitative estimate of drug-likeness (QED) is 0.740. The molecule has 0 aliphatic carbocycles. The lowest BCUT2D eigenvalue weighted by molar-refractivity contribution is -0.118. The Morgan fingerprint density at radius 3 is 2.67 bits per heavy atom. The molecule has 2 aromatic rings. The van der Waals surface area contributed by atoms with Crippen molar-refractivity contribution in [2.75, 3.05) is 25.6 Å². The molecule has 4 rings (SSSR count). The second-order valence-electron chi connectivity index (χ2n) is 7.85. The third kappa shape index (κ3) is 3.35. The van der Waals surface area contributed by atoms with Crippen LogP contribution in [0.4, 0.5) is 5.82 Å². The molecule has 0 bridgehead atoms. The maximum absolute atomic E-state index is 13.6. The average Bonchev–Trinajstić information content (AvgIpc) is 3.21. The van der Waals surface area contributed by atoms with Crippen molar-refractivity contribution >= 4 is 21.7 Å². The fraction of sp³-hybridized carbons (Fsp3) is 0.476. The minimum atomic E-state index is -3.81. The summed E-state index contributed by atoms with van der Waals surface area (Å²) >= 11 is 0. The van der Waals surface area contributed by atoms with Gasteiger partial charge in [-0.1, -0.05) is 6.07 Å². The van der Waals surface area contributed by atoms with Crippen LogP contribution in [-0.2, 0) is 21.2 Å². The number of methoxy groups -OCH3 is 1. The summed E-state index contributed by atoms with van der Waals surface area (Å²) in [5.74, 6) is 1.36. The van der Waals surface area contributed by atoms with Gasteiger partial charge in [-0.2, -0.15) is 4.31 Å². The molecule has 2 aliphatic rings. The molecule has 30 heavy (non-hydrogen) atoms. The monoisotopic (exact) mass is 430 g/mol. The Kier molecular flexibility index (Phi) is 5.27. The molecule has 1 amide bonds. The molecule has 0 radical (unpaired) electrons. The summed E-state index contributed by atoms with van der Waals surface area (Å²) < 4.78 is 33.9. The number of hydrogen-bond acceptors (Lipinski definition) is 6.